The Morgan fingerprint density at radius 1 is 0.692 bits per heavy atom. The highest BCUT2D eigenvalue weighted by atomic mass is 16.6. The molecule has 4 rings (SSSR count). The first kappa shape index (κ1) is 15.8. The minimum atomic E-state index is -0.326. The largest absolute Gasteiger partial charge is 0.398 e. The summed E-state index contributed by atoms with van der Waals surface area (Å²) in [6.07, 6.45) is 0. The second-order valence-electron chi connectivity index (χ2n) is 6.07. The number of hydrogen-bond acceptors (Lipinski definition) is 3. The molecule has 4 heteroatoms. The van der Waals surface area contributed by atoms with Gasteiger partial charge in [0.05, 0.1) is 10.5 Å². The van der Waals surface area contributed by atoms with Gasteiger partial charge in [-0.15, -0.1) is 0 Å². The summed E-state index contributed by atoms with van der Waals surface area (Å²) in [4.78, 5) is 11.4. The number of anilines is 1. The van der Waals surface area contributed by atoms with Gasteiger partial charge in [-0.1, -0.05) is 66.7 Å². The minimum Gasteiger partial charge on any atom is -0.398 e. The van der Waals surface area contributed by atoms with Gasteiger partial charge in [0.25, 0.3) is 5.69 Å². The number of fused-ring (bicyclic) bond motifs is 1. The summed E-state index contributed by atoms with van der Waals surface area (Å²) in [6, 6.07) is 26.3. The number of hydrogen-bond donors (Lipinski definition) is 1. The van der Waals surface area contributed by atoms with Gasteiger partial charge in [0.1, 0.15) is 0 Å². The minimum absolute atomic E-state index is 0.0886. The molecule has 0 fully saturated rings. The Balaban J connectivity index is 2.11. The highest BCUT2D eigenvalue weighted by molar-refractivity contribution is 6.05. The molecule has 0 bridgehead atoms. The number of nitro benzene ring substituents is 1. The van der Waals surface area contributed by atoms with Gasteiger partial charge in [0, 0.05) is 17.3 Å². The van der Waals surface area contributed by atoms with Crippen molar-refractivity contribution in [1.82, 2.24) is 0 Å². The van der Waals surface area contributed by atoms with E-state index in [0.29, 0.717) is 11.3 Å². The third kappa shape index (κ3) is 2.58. The highest BCUT2D eigenvalue weighted by Gasteiger charge is 2.21. The van der Waals surface area contributed by atoms with Crippen LogP contribution in [0.5, 0.6) is 0 Å². The van der Waals surface area contributed by atoms with Crippen LogP contribution in [-0.4, -0.2) is 4.92 Å². The van der Waals surface area contributed by atoms with Crippen molar-refractivity contribution >= 4 is 22.1 Å². The molecule has 0 heterocycles. The molecule has 0 saturated heterocycles. The maximum absolute atomic E-state index is 11.7. The molecule has 0 aliphatic carbocycles. The second kappa shape index (κ2) is 6.33. The first-order valence-corrected chi connectivity index (χ1v) is 8.27. The zero-order valence-corrected chi connectivity index (χ0v) is 13.9. The first-order chi connectivity index (χ1) is 12.7. The van der Waals surface area contributed by atoms with Gasteiger partial charge in [0.2, 0.25) is 0 Å². The average Bonchev–Trinajstić information content (AvgIpc) is 2.67. The number of nitro groups is 1. The monoisotopic (exact) mass is 340 g/mol. The summed E-state index contributed by atoms with van der Waals surface area (Å²) in [7, 11) is 0. The number of nitrogen functional groups attached to an aromatic ring is 1. The molecule has 0 atom stereocenters. The Kier molecular flexibility index (Phi) is 3.86. The number of para-hydroxylation sites is 1. The van der Waals surface area contributed by atoms with E-state index in [1.807, 2.05) is 72.8 Å². The summed E-state index contributed by atoms with van der Waals surface area (Å²) in [6.45, 7) is 0. The smallest absolute Gasteiger partial charge is 0.277 e. The number of nitrogens with two attached hydrogens (primary N) is 1. The Morgan fingerprint density at radius 2 is 1.31 bits per heavy atom. The van der Waals surface area contributed by atoms with E-state index in [0.717, 1.165) is 27.5 Å². The molecule has 0 aliphatic rings. The number of nitrogens with zero attached hydrogens (tertiary/aromatic N) is 1. The lowest BCUT2D eigenvalue weighted by molar-refractivity contribution is -0.384. The molecule has 0 saturated carbocycles. The molecule has 126 valence electrons. The molecule has 2 N–H and O–H groups in total. The van der Waals surface area contributed by atoms with Gasteiger partial charge in [-0.25, -0.2) is 0 Å². The fourth-order valence-electron chi connectivity index (χ4n) is 3.37. The van der Waals surface area contributed by atoms with E-state index in [-0.39, 0.29) is 10.6 Å². The molecular weight excluding hydrogens is 324 g/mol. The van der Waals surface area contributed by atoms with Crippen molar-refractivity contribution in [3.05, 3.63) is 95.0 Å². The summed E-state index contributed by atoms with van der Waals surface area (Å²) < 4.78 is 0. The van der Waals surface area contributed by atoms with Crippen molar-refractivity contribution in [2.45, 2.75) is 0 Å². The lowest BCUT2D eigenvalue weighted by Gasteiger charge is -2.14. The van der Waals surface area contributed by atoms with Crippen molar-refractivity contribution < 1.29 is 4.92 Å². The molecular formula is C22H16N2O2. The summed E-state index contributed by atoms with van der Waals surface area (Å²) >= 11 is 0. The predicted molar refractivity (Wildman–Crippen MR) is 106 cm³/mol. The molecule has 0 aliphatic heterocycles. The standard InChI is InChI=1S/C22H16N2O2/c23-20-12-6-5-10-18(20)17-9-3-4-11-19(17)22-16-8-2-1-7-15(16)13-14-21(22)24(25)26/h1-14H,23H2. The van der Waals surface area contributed by atoms with Crippen LogP contribution >= 0.6 is 0 Å². The van der Waals surface area contributed by atoms with Crippen LogP contribution in [-0.2, 0) is 0 Å². The third-order valence-electron chi connectivity index (χ3n) is 4.55. The molecule has 0 aromatic heterocycles. The Hall–Kier alpha value is -3.66. The van der Waals surface area contributed by atoms with Crippen molar-refractivity contribution in [2.24, 2.45) is 0 Å². The van der Waals surface area contributed by atoms with Crippen LogP contribution in [0.1, 0.15) is 0 Å². The van der Waals surface area contributed by atoms with E-state index in [2.05, 4.69) is 0 Å². The summed E-state index contributed by atoms with van der Waals surface area (Å²) in [5.41, 5.74) is 10.1. The molecule has 0 unspecified atom stereocenters. The van der Waals surface area contributed by atoms with Gasteiger partial charge in [-0.05, 0) is 34.0 Å². The molecule has 0 radical (unpaired) electrons. The molecule has 0 amide bonds. The van der Waals surface area contributed by atoms with Crippen LogP contribution < -0.4 is 5.73 Å². The van der Waals surface area contributed by atoms with Gasteiger partial charge >= 0.3 is 0 Å². The first-order valence-electron chi connectivity index (χ1n) is 8.27. The molecule has 0 spiro atoms. The van der Waals surface area contributed by atoms with Crippen LogP contribution in [0, 0.1) is 10.1 Å². The highest BCUT2D eigenvalue weighted by Crippen LogP contribution is 2.42. The van der Waals surface area contributed by atoms with Gasteiger partial charge in [0.15, 0.2) is 0 Å². The Bertz CT molecular complexity index is 1140. The number of benzene rings is 4. The maximum Gasteiger partial charge on any atom is 0.277 e. The average molecular weight is 340 g/mol. The van der Waals surface area contributed by atoms with Crippen LogP contribution in [0.15, 0.2) is 84.9 Å². The second-order valence-corrected chi connectivity index (χ2v) is 6.07. The SMILES string of the molecule is Nc1ccccc1-c1ccccc1-c1c([N+](=O)[O-])ccc2ccccc12. The molecule has 4 nitrogen and oxygen atoms in total. The zero-order valence-electron chi connectivity index (χ0n) is 13.9. The topological polar surface area (TPSA) is 69.2 Å². The van der Waals surface area contributed by atoms with Crippen molar-refractivity contribution in [3.63, 3.8) is 0 Å². The lowest BCUT2D eigenvalue weighted by Crippen LogP contribution is -1.96. The number of rotatable bonds is 3. The molecule has 26 heavy (non-hydrogen) atoms. The Morgan fingerprint density at radius 3 is 2.04 bits per heavy atom. The normalized spacial score (nSPS) is 10.8. The van der Waals surface area contributed by atoms with E-state index in [1.54, 1.807) is 12.1 Å². The Labute approximate surface area is 150 Å². The fraction of sp³-hybridized carbons (Fsp3) is 0. The van der Waals surface area contributed by atoms with E-state index >= 15 is 0 Å². The molecule has 4 aromatic rings. The van der Waals surface area contributed by atoms with E-state index in [1.165, 1.54) is 0 Å². The van der Waals surface area contributed by atoms with E-state index < -0.39 is 0 Å². The lowest BCUT2D eigenvalue weighted by atomic mass is 9.90. The summed E-state index contributed by atoms with van der Waals surface area (Å²) in [5.74, 6) is 0. The fourth-order valence-corrected chi connectivity index (χ4v) is 3.37. The van der Waals surface area contributed by atoms with E-state index in [4.69, 9.17) is 5.73 Å². The van der Waals surface area contributed by atoms with Gasteiger partial charge < -0.3 is 5.73 Å². The molecule has 4 aromatic carbocycles. The van der Waals surface area contributed by atoms with Crippen molar-refractivity contribution in [1.29, 1.82) is 0 Å². The quantitative estimate of drug-likeness (QED) is 0.297. The van der Waals surface area contributed by atoms with Gasteiger partial charge in [-0.3, -0.25) is 10.1 Å². The summed E-state index contributed by atoms with van der Waals surface area (Å²) in [5, 5.41) is 13.5. The van der Waals surface area contributed by atoms with Crippen molar-refractivity contribution in [2.75, 3.05) is 5.73 Å². The van der Waals surface area contributed by atoms with Crippen LogP contribution in [0.25, 0.3) is 33.0 Å². The third-order valence-corrected chi connectivity index (χ3v) is 4.55. The van der Waals surface area contributed by atoms with E-state index in [9.17, 15) is 10.1 Å². The predicted octanol–water partition coefficient (Wildman–Crippen LogP) is 5.66. The van der Waals surface area contributed by atoms with Crippen molar-refractivity contribution in [3.8, 4) is 22.3 Å². The van der Waals surface area contributed by atoms with Crippen LogP contribution in [0.4, 0.5) is 11.4 Å². The van der Waals surface area contributed by atoms with Crippen LogP contribution in [0.2, 0.25) is 0 Å². The van der Waals surface area contributed by atoms with Crippen LogP contribution in [0.3, 0.4) is 0 Å². The zero-order chi connectivity index (χ0) is 18.1. The maximum atomic E-state index is 11.7. The van der Waals surface area contributed by atoms with Gasteiger partial charge in [-0.2, -0.15) is 0 Å².